The third-order valence-electron chi connectivity index (χ3n) is 1.90. The van der Waals surface area contributed by atoms with Crippen molar-refractivity contribution in [3.05, 3.63) is 23.5 Å². The van der Waals surface area contributed by atoms with E-state index in [0.29, 0.717) is 5.92 Å². The lowest BCUT2D eigenvalue weighted by molar-refractivity contribution is 0.409. The Hall–Kier alpha value is -1.05. The summed E-state index contributed by atoms with van der Waals surface area (Å²) in [6.07, 6.45) is 1.78. The molecule has 0 unspecified atom stereocenters. The molecule has 0 N–H and O–H groups in total. The highest BCUT2D eigenvalue weighted by molar-refractivity contribution is 5.31. The summed E-state index contributed by atoms with van der Waals surface area (Å²) in [6.45, 7) is 6.30. The van der Waals surface area contributed by atoms with Crippen LogP contribution in [-0.2, 0) is 0 Å². The van der Waals surface area contributed by atoms with Crippen LogP contribution in [0.4, 0.5) is 0 Å². The van der Waals surface area contributed by atoms with Gasteiger partial charge in [0.15, 0.2) is 0 Å². The predicted molar refractivity (Wildman–Crippen MR) is 49.6 cm³/mol. The highest BCUT2D eigenvalue weighted by Crippen LogP contribution is 2.19. The minimum atomic E-state index is 0.481. The third kappa shape index (κ3) is 1.76. The molecule has 0 amide bonds. The van der Waals surface area contributed by atoms with Crippen LogP contribution in [0.15, 0.2) is 12.3 Å². The first-order chi connectivity index (χ1) is 5.65. The van der Waals surface area contributed by atoms with Crippen molar-refractivity contribution in [2.24, 2.45) is 0 Å². The fourth-order valence-electron chi connectivity index (χ4n) is 1.09. The lowest BCUT2D eigenvalue weighted by Gasteiger charge is -2.08. The van der Waals surface area contributed by atoms with Crippen LogP contribution in [0.25, 0.3) is 0 Å². The monoisotopic (exact) mass is 165 g/mol. The minimum absolute atomic E-state index is 0.481. The van der Waals surface area contributed by atoms with Gasteiger partial charge in [-0.15, -0.1) is 0 Å². The molecule has 2 nitrogen and oxygen atoms in total. The Morgan fingerprint density at radius 2 is 2.08 bits per heavy atom. The van der Waals surface area contributed by atoms with Gasteiger partial charge < -0.3 is 4.74 Å². The Labute approximate surface area is 73.6 Å². The fourth-order valence-corrected chi connectivity index (χ4v) is 1.09. The first-order valence-corrected chi connectivity index (χ1v) is 4.15. The molecular formula is C10H15NO. The molecule has 1 aromatic heterocycles. The number of rotatable bonds is 2. The van der Waals surface area contributed by atoms with E-state index in [9.17, 15) is 0 Å². The molecule has 0 aliphatic carbocycles. The van der Waals surface area contributed by atoms with Gasteiger partial charge >= 0.3 is 0 Å². The van der Waals surface area contributed by atoms with Gasteiger partial charge in [-0.05, 0) is 24.5 Å². The van der Waals surface area contributed by atoms with Crippen LogP contribution in [0.3, 0.4) is 0 Å². The van der Waals surface area contributed by atoms with E-state index in [4.69, 9.17) is 4.74 Å². The zero-order valence-corrected chi connectivity index (χ0v) is 8.09. The van der Waals surface area contributed by atoms with E-state index in [1.165, 1.54) is 0 Å². The van der Waals surface area contributed by atoms with Gasteiger partial charge in [0, 0.05) is 5.69 Å². The summed E-state index contributed by atoms with van der Waals surface area (Å²) >= 11 is 0. The summed E-state index contributed by atoms with van der Waals surface area (Å²) < 4.78 is 5.12. The summed E-state index contributed by atoms with van der Waals surface area (Å²) in [5.74, 6) is 1.34. The molecule has 1 aromatic rings. The topological polar surface area (TPSA) is 22.1 Å². The van der Waals surface area contributed by atoms with Crippen molar-refractivity contribution in [2.45, 2.75) is 26.7 Å². The van der Waals surface area contributed by atoms with Gasteiger partial charge in [-0.1, -0.05) is 13.8 Å². The first kappa shape index (κ1) is 9.04. The first-order valence-electron chi connectivity index (χ1n) is 4.15. The molecule has 0 fully saturated rings. The van der Waals surface area contributed by atoms with Gasteiger partial charge in [0.05, 0.1) is 13.3 Å². The van der Waals surface area contributed by atoms with E-state index in [0.717, 1.165) is 17.0 Å². The summed E-state index contributed by atoms with van der Waals surface area (Å²) in [5.41, 5.74) is 2.27. The van der Waals surface area contributed by atoms with Crippen LogP contribution >= 0.6 is 0 Å². The second-order valence-corrected chi connectivity index (χ2v) is 3.23. The van der Waals surface area contributed by atoms with Crippen molar-refractivity contribution < 1.29 is 4.74 Å². The number of aryl methyl sites for hydroxylation is 1. The maximum Gasteiger partial charge on any atom is 0.140 e. The zero-order chi connectivity index (χ0) is 9.14. The Balaban J connectivity index is 3.02. The van der Waals surface area contributed by atoms with E-state index in [1.54, 1.807) is 13.3 Å². The summed E-state index contributed by atoms with van der Waals surface area (Å²) in [7, 11) is 1.67. The van der Waals surface area contributed by atoms with Crippen molar-refractivity contribution in [1.29, 1.82) is 0 Å². The number of ether oxygens (including phenoxy) is 1. The average Bonchev–Trinajstić information content (AvgIpc) is 2.04. The van der Waals surface area contributed by atoms with Crippen LogP contribution < -0.4 is 4.74 Å². The molecule has 0 bridgehead atoms. The molecule has 0 saturated carbocycles. The molecule has 0 saturated heterocycles. The van der Waals surface area contributed by atoms with Crippen molar-refractivity contribution in [2.75, 3.05) is 7.11 Å². The molecule has 1 rings (SSSR count). The van der Waals surface area contributed by atoms with Gasteiger partial charge in [-0.2, -0.15) is 0 Å². The van der Waals surface area contributed by atoms with Crippen LogP contribution in [0, 0.1) is 6.92 Å². The fraction of sp³-hybridized carbons (Fsp3) is 0.500. The van der Waals surface area contributed by atoms with E-state index < -0.39 is 0 Å². The smallest absolute Gasteiger partial charge is 0.140 e. The van der Waals surface area contributed by atoms with Crippen LogP contribution in [0.2, 0.25) is 0 Å². The van der Waals surface area contributed by atoms with Gasteiger partial charge in [-0.3, -0.25) is 4.98 Å². The summed E-state index contributed by atoms with van der Waals surface area (Å²) in [5, 5.41) is 0. The number of hydrogen-bond donors (Lipinski definition) is 0. The van der Waals surface area contributed by atoms with Gasteiger partial charge in [0.1, 0.15) is 5.75 Å². The minimum Gasteiger partial charge on any atom is -0.495 e. The van der Waals surface area contributed by atoms with Crippen LogP contribution in [-0.4, -0.2) is 12.1 Å². The molecule has 66 valence electrons. The predicted octanol–water partition coefficient (Wildman–Crippen LogP) is 2.52. The van der Waals surface area contributed by atoms with Crippen LogP contribution in [0.1, 0.15) is 31.0 Å². The summed E-state index contributed by atoms with van der Waals surface area (Å²) in [4.78, 5) is 4.28. The van der Waals surface area contributed by atoms with E-state index >= 15 is 0 Å². The van der Waals surface area contributed by atoms with Crippen molar-refractivity contribution >= 4 is 0 Å². The van der Waals surface area contributed by atoms with Gasteiger partial charge in [0.2, 0.25) is 0 Å². The van der Waals surface area contributed by atoms with E-state index in [1.807, 2.05) is 6.92 Å². The Morgan fingerprint density at radius 1 is 1.42 bits per heavy atom. The lowest BCUT2D eigenvalue weighted by Crippen LogP contribution is -1.95. The molecule has 0 aromatic carbocycles. The van der Waals surface area contributed by atoms with Crippen molar-refractivity contribution in [3.63, 3.8) is 0 Å². The number of nitrogens with zero attached hydrogens (tertiary/aromatic N) is 1. The van der Waals surface area contributed by atoms with Gasteiger partial charge in [-0.25, -0.2) is 0 Å². The summed E-state index contributed by atoms with van der Waals surface area (Å²) in [6, 6.07) is 2.07. The Bertz CT molecular complexity index is 269. The number of pyridine rings is 1. The highest BCUT2D eigenvalue weighted by atomic mass is 16.5. The normalized spacial score (nSPS) is 10.4. The molecule has 0 spiro atoms. The quantitative estimate of drug-likeness (QED) is 0.671. The average molecular weight is 165 g/mol. The Morgan fingerprint density at radius 3 is 2.50 bits per heavy atom. The van der Waals surface area contributed by atoms with E-state index in [2.05, 4.69) is 24.9 Å². The SMILES string of the molecule is COc1cnc(C(C)C)cc1C. The Kier molecular flexibility index (Phi) is 2.69. The molecule has 0 aliphatic heterocycles. The molecule has 1 heterocycles. The molecular weight excluding hydrogens is 150 g/mol. The second-order valence-electron chi connectivity index (χ2n) is 3.23. The van der Waals surface area contributed by atoms with Gasteiger partial charge in [0.25, 0.3) is 0 Å². The molecule has 0 atom stereocenters. The zero-order valence-electron chi connectivity index (χ0n) is 8.09. The molecule has 2 heteroatoms. The largest absolute Gasteiger partial charge is 0.495 e. The number of hydrogen-bond acceptors (Lipinski definition) is 2. The maximum atomic E-state index is 5.12. The van der Waals surface area contributed by atoms with E-state index in [-0.39, 0.29) is 0 Å². The number of aromatic nitrogens is 1. The molecule has 0 radical (unpaired) electrons. The highest BCUT2D eigenvalue weighted by Gasteiger charge is 2.03. The number of methoxy groups -OCH3 is 1. The lowest BCUT2D eigenvalue weighted by atomic mass is 10.1. The molecule has 0 aliphatic rings. The second kappa shape index (κ2) is 3.57. The standard InChI is InChI=1S/C10H15NO/c1-7(2)9-5-8(3)10(12-4)6-11-9/h5-7H,1-4H3. The van der Waals surface area contributed by atoms with Crippen molar-refractivity contribution in [3.8, 4) is 5.75 Å². The maximum absolute atomic E-state index is 5.12. The molecule has 12 heavy (non-hydrogen) atoms. The van der Waals surface area contributed by atoms with Crippen molar-refractivity contribution in [1.82, 2.24) is 4.98 Å². The third-order valence-corrected chi connectivity index (χ3v) is 1.90. The van der Waals surface area contributed by atoms with Crippen LogP contribution in [0.5, 0.6) is 5.75 Å².